The summed E-state index contributed by atoms with van der Waals surface area (Å²) in [4.78, 5) is 13.2. The second kappa shape index (κ2) is 17.1. The van der Waals surface area contributed by atoms with E-state index < -0.39 is 7.14 Å². The van der Waals surface area contributed by atoms with Crippen LogP contribution in [0.2, 0.25) is 0 Å². The Labute approximate surface area is 242 Å². The third-order valence-corrected chi connectivity index (χ3v) is 10.5. The van der Waals surface area contributed by atoms with E-state index in [2.05, 4.69) is 19.2 Å². The van der Waals surface area contributed by atoms with Gasteiger partial charge in [-0.15, -0.1) is 0 Å². The number of benzene rings is 3. The zero-order valence-electron chi connectivity index (χ0n) is 24.8. The lowest BCUT2D eigenvalue weighted by molar-refractivity contribution is -0.113. The molecule has 0 saturated carbocycles. The van der Waals surface area contributed by atoms with Crippen LogP contribution in [0.1, 0.15) is 89.2 Å². The van der Waals surface area contributed by atoms with Crippen LogP contribution in [0.15, 0.2) is 72.8 Å². The second-order valence-corrected chi connectivity index (χ2v) is 13.6. The molecule has 216 valence electrons. The average Bonchev–Trinajstić information content (AvgIpc) is 2.97. The molecule has 5 heteroatoms. The molecule has 3 aromatic rings. The van der Waals surface area contributed by atoms with Gasteiger partial charge < -0.3 is 14.6 Å². The number of unbranched alkanes of at least 4 members (excludes halogenated alkanes) is 9. The molecule has 1 N–H and O–H groups in total. The molecule has 40 heavy (non-hydrogen) atoms. The Kier molecular flexibility index (Phi) is 13.5. The number of ether oxygens (including phenoxy) is 1. The van der Waals surface area contributed by atoms with Crippen molar-refractivity contribution >= 4 is 29.3 Å². The molecule has 0 heterocycles. The fraction of sp³-hybridized carbons (Fsp3) is 0.457. The van der Waals surface area contributed by atoms with E-state index >= 15 is 0 Å². The van der Waals surface area contributed by atoms with Gasteiger partial charge >= 0.3 is 0 Å². The molecule has 3 aromatic carbocycles. The highest BCUT2D eigenvalue weighted by Crippen LogP contribution is 2.43. The van der Waals surface area contributed by atoms with Crippen LogP contribution in [0.3, 0.4) is 0 Å². The maximum Gasteiger partial charge on any atom is 0.232 e. The lowest BCUT2D eigenvalue weighted by Gasteiger charge is -2.20. The normalized spacial score (nSPS) is 11.4. The monoisotopic (exact) mass is 561 g/mol. The van der Waals surface area contributed by atoms with Gasteiger partial charge in [-0.2, -0.15) is 0 Å². The van der Waals surface area contributed by atoms with Gasteiger partial charge in [0, 0.05) is 16.3 Å². The Morgan fingerprint density at radius 3 is 1.80 bits per heavy atom. The Morgan fingerprint density at radius 1 is 0.750 bits per heavy atom. The lowest BCUT2D eigenvalue weighted by Crippen LogP contribution is -2.26. The minimum Gasteiger partial charge on any atom is -0.493 e. The average molecular weight is 562 g/mol. The van der Waals surface area contributed by atoms with Crippen LogP contribution in [0, 0.1) is 6.92 Å². The summed E-state index contributed by atoms with van der Waals surface area (Å²) in [6.45, 7) is 7.11. The number of hydrogen-bond donors (Lipinski definition) is 1. The van der Waals surface area contributed by atoms with Gasteiger partial charge in [0.2, 0.25) is 5.91 Å². The van der Waals surface area contributed by atoms with Crippen molar-refractivity contribution in [1.82, 2.24) is 0 Å². The Bertz CT molecular complexity index is 1170. The Hall–Kier alpha value is -2.84. The number of carbonyl (C=O) groups is 1. The van der Waals surface area contributed by atoms with Crippen LogP contribution >= 0.6 is 7.14 Å². The summed E-state index contributed by atoms with van der Waals surface area (Å²) in [5.74, 6) is 0.673. The van der Waals surface area contributed by atoms with Crippen LogP contribution in [0.25, 0.3) is 0 Å². The first-order valence-electron chi connectivity index (χ1n) is 15.2. The lowest BCUT2D eigenvalue weighted by atomic mass is 10.1. The van der Waals surface area contributed by atoms with Gasteiger partial charge in [0.05, 0.1) is 12.8 Å². The molecule has 0 fully saturated rings. The van der Waals surface area contributed by atoms with Gasteiger partial charge in [-0.25, -0.2) is 0 Å². The van der Waals surface area contributed by atoms with Gasteiger partial charge in [0.25, 0.3) is 0 Å². The predicted octanol–water partition coefficient (Wildman–Crippen LogP) is 8.81. The molecule has 4 nitrogen and oxygen atoms in total. The zero-order chi connectivity index (χ0) is 28.6. The van der Waals surface area contributed by atoms with Gasteiger partial charge in [-0.1, -0.05) is 132 Å². The van der Waals surface area contributed by atoms with E-state index in [4.69, 9.17) is 4.74 Å². The van der Waals surface area contributed by atoms with Crippen molar-refractivity contribution in [2.75, 3.05) is 18.1 Å². The van der Waals surface area contributed by atoms with Crippen molar-refractivity contribution in [1.29, 1.82) is 0 Å². The summed E-state index contributed by atoms with van der Waals surface area (Å²) < 4.78 is 20.5. The van der Waals surface area contributed by atoms with E-state index in [0.29, 0.717) is 17.2 Å². The molecule has 0 aromatic heterocycles. The molecule has 0 spiro atoms. The summed E-state index contributed by atoms with van der Waals surface area (Å²) in [7, 11) is -3.13. The van der Waals surface area contributed by atoms with E-state index in [-0.39, 0.29) is 12.1 Å². The molecule has 3 rings (SSSR count). The highest BCUT2D eigenvalue weighted by molar-refractivity contribution is 7.79. The first kappa shape index (κ1) is 31.7. The number of carbonyl (C=O) groups excluding carboxylic acids is 1. The van der Waals surface area contributed by atoms with Crippen LogP contribution in [-0.4, -0.2) is 18.7 Å². The molecule has 0 aliphatic rings. The van der Waals surface area contributed by atoms with Crippen molar-refractivity contribution < 1.29 is 14.1 Å². The second-order valence-electron chi connectivity index (χ2n) is 10.8. The van der Waals surface area contributed by atoms with Crippen molar-refractivity contribution in [3.05, 3.63) is 83.9 Å². The van der Waals surface area contributed by atoms with Crippen molar-refractivity contribution in [2.24, 2.45) is 0 Å². The van der Waals surface area contributed by atoms with E-state index in [0.717, 1.165) is 35.4 Å². The van der Waals surface area contributed by atoms with Crippen LogP contribution < -0.4 is 20.7 Å². The minimum absolute atomic E-state index is 0.0848. The summed E-state index contributed by atoms with van der Waals surface area (Å²) in [6.07, 6.45) is 13.7. The van der Waals surface area contributed by atoms with E-state index in [1.54, 1.807) is 0 Å². The molecule has 0 aliphatic heterocycles. The molecule has 0 radical (unpaired) electrons. The molecular weight excluding hydrogens is 513 g/mol. The first-order valence-corrected chi connectivity index (χ1v) is 17.1. The molecule has 0 unspecified atom stereocenters. The smallest absolute Gasteiger partial charge is 0.232 e. The quantitative estimate of drug-likeness (QED) is 0.125. The summed E-state index contributed by atoms with van der Waals surface area (Å²) >= 11 is 0. The molecule has 1 amide bonds. The molecule has 0 saturated heterocycles. The van der Waals surface area contributed by atoms with Crippen LogP contribution in [0.5, 0.6) is 5.75 Å². The van der Waals surface area contributed by atoms with Gasteiger partial charge in [0.15, 0.2) is 7.14 Å². The van der Waals surface area contributed by atoms with Gasteiger partial charge in [-0.05, 0) is 43.0 Å². The van der Waals surface area contributed by atoms with Gasteiger partial charge in [0.1, 0.15) is 5.75 Å². The van der Waals surface area contributed by atoms with Crippen LogP contribution in [-0.2, 0) is 15.8 Å². The van der Waals surface area contributed by atoms with Crippen molar-refractivity contribution in [3.63, 3.8) is 0 Å². The fourth-order valence-electron chi connectivity index (χ4n) is 5.22. The standard InChI is InChI=1S/C35H48NO3P/c1-4-6-7-8-9-10-11-12-13-20-25-39-35-29(3)26-31(27-30(35)5-2)36-34(37)28-40(38,32-21-16-14-17-22-32)33-23-18-15-19-24-33/h14-19,21-24,26-27H,4-13,20,25,28H2,1-3H3,(H,36,37). The highest BCUT2D eigenvalue weighted by Gasteiger charge is 2.30. The Balaban J connectivity index is 1.55. The van der Waals surface area contributed by atoms with Crippen LogP contribution in [0.4, 0.5) is 5.69 Å². The zero-order valence-corrected chi connectivity index (χ0v) is 25.7. The molecule has 0 aliphatic carbocycles. The summed E-state index contributed by atoms with van der Waals surface area (Å²) in [5.41, 5.74) is 2.81. The number of rotatable bonds is 18. The van der Waals surface area contributed by atoms with E-state index in [1.165, 1.54) is 57.8 Å². The van der Waals surface area contributed by atoms with Crippen molar-refractivity contribution in [3.8, 4) is 5.75 Å². The third-order valence-electron chi connectivity index (χ3n) is 7.47. The SMILES string of the molecule is CCCCCCCCCCCCOc1c(C)cc(NC(=O)CP(=O)(c2ccccc2)c2ccccc2)cc1CC. The summed E-state index contributed by atoms with van der Waals surface area (Å²) in [5, 5.41) is 4.41. The topological polar surface area (TPSA) is 55.4 Å². The third kappa shape index (κ3) is 9.66. The first-order chi connectivity index (χ1) is 19.5. The van der Waals surface area contributed by atoms with E-state index in [1.807, 2.05) is 79.7 Å². The molecule has 0 bridgehead atoms. The molecule has 0 atom stereocenters. The predicted molar refractivity (Wildman–Crippen MR) is 171 cm³/mol. The number of nitrogens with one attached hydrogen (secondary N) is 1. The number of anilines is 1. The fourth-order valence-corrected chi connectivity index (χ4v) is 7.68. The number of hydrogen-bond acceptors (Lipinski definition) is 3. The number of amides is 1. The highest BCUT2D eigenvalue weighted by atomic mass is 31.2. The maximum absolute atomic E-state index is 14.3. The minimum atomic E-state index is -3.13. The molecular formula is C35H48NO3P. The van der Waals surface area contributed by atoms with Gasteiger partial charge in [-0.3, -0.25) is 4.79 Å². The summed E-state index contributed by atoms with van der Waals surface area (Å²) in [6, 6.07) is 22.6. The van der Waals surface area contributed by atoms with Crippen molar-refractivity contribution in [2.45, 2.75) is 91.4 Å². The number of aryl methyl sites for hydroxylation is 2. The maximum atomic E-state index is 14.3. The van der Waals surface area contributed by atoms with E-state index in [9.17, 15) is 9.36 Å². The Morgan fingerprint density at radius 2 is 1.27 bits per heavy atom. The largest absolute Gasteiger partial charge is 0.493 e.